The van der Waals surface area contributed by atoms with E-state index in [9.17, 15) is 29.4 Å². The number of hydrogen-bond donors (Lipinski definition) is 7. The van der Waals surface area contributed by atoms with Crippen molar-refractivity contribution in [1.82, 2.24) is 16.0 Å². The van der Waals surface area contributed by atoms with Crippen molar-refractivity contribution in [3.05, 3.63) is 35.9 Å². The van der Waals surface area contributed by atoms with Crippen LogP contribution in [0.25, 0.3) is 0 Å². The molecule has 1 rings (SSSR count). The van der Waals surface area contributed by atoms with Crippen molar-refractivity contribution in [2.75, 3.05) is 13.2 Å². The smallest absolute Gasteiger partial charge is 0.326 e. The number of carboxylic acids is 1. The van der Waals surface area contributed by atoms with Crippen LogP contribution >= 0.6 is 0 Å². The van der Waals surface area contributed by atoms with Gasteiger partial charge in [-0.1, -0.05) is 50.6 Å². The second-order valence-electron chi connectivity index (χ2n) is 7.49. The summed E-state index contributed by atoms with van der Waals surface area (Å²) >= 11 is 0. The first-order valence-electron chi connectivity index (χ1n) is 10.3. The van der Waals surface area contributed by atoms with Crippen LogP contribution < -0.4 is 21.7 Å². The second-order valence-corrected chi connectivity index (χ2v) is 7.49. The minimum absolute atomic E-state index is 0.0530. The van der Waals surface area contributed by atoms with Crippen LogP contribution in [0, 0.1) is 5.92 Å². The number of aliphatic hydroxyl groups excluding tert-OH is 2. The van der Waals surface area contributed by atoms with Gasteiger partial charge >= 0.3 is 5.97 Å². The van der Waals surface area contributed by atoms with E-state index in [1.807, 2.05) is 0 Å². The number of nitrogens with two attached hydrogens (primary N) is 1. The molecule has 8 N–H and O–H groups in total. The first-order chi connectivity index (χ1) is 15.1. The molecule has 0 heterocycles. The first-order valence-corrected chi connectivity index (χ1v) is 10.3. The Balaban J connectivity index is 2.93. The van der Waals surface area contributed by atoms with Gasteiger partial charge < -0.3 is 37.0 Å². The van der Waals surface area contributed by atoms with Gasteiger partial charge in [0.1, 0.15) is 24.2 Å². The topological polar surface area (TPSA) is 191 Å². The highest BCUT2D eigenvalue weighted by atomic mass is 16.4. The molecule has 0 aliphatic heterocycles. The number of benzene rings is 1. The third kappa shape index (κ3) is 8.25. The fraction of sp³-hybridized carbons (Fsp3) is 0.524. The van der Waals surface area contributed by atoms with Crippen LogP contribution in [0.1, 0.15) is 25.8 Å². The van der Waals surface area contributed by atoms with Crippen molar-refractivity contribution in [1.29, 1.82) is 0 Å². The number of hydrogen-bond acceptors (Lipinski definition) is 7. The molecule has 0 spiro atoms. The highest BCUT2D eigenvalue weighted by molar-refractivity contribution is 5.94. The zero-order chi connectivity index (χ0) is 24.3. The molecule has 11 heteroatoms. The number of aliphatic carboxylic acids is 1. The van der Waals surface area contributed by atoms with E-state index in [-0.39, 0.29) is 12.3 Å². The van der Waals surface area contributed by atoms with Crippen molar-refractivity contribution in [2.45, 2.75) is 50.9 Å². The third-order valence-electron chi connectivity index (χ3n) is 5.04. The standard InChI is InChI=1S/C21H32N4O7/c1-3-12(2)17(25-19(29)16(11-27)24-18(28)14(22)10-26)20(30)23-15(21(31)32)9-13-7-5-4-6-8-13/h4-8,12,14-17,26-27H,3,9-11,22H2,1-2H3,(H,23,30)(H,24,28)(H,25,29)(H,31,32). The summed E-state index contributed by atoms with van der Waals surface area (Å²) in [7, 11) is 0. The maximum Gasteiger partial charge on any atom is 0.326 e. The molecule has 32 heavy (non-hydrogen) atoms. The Bertz CT molecular complexity index is 775. The summed E-state index contributed by atoms with van der Waals surface area (Å²) < 4.78 is 0. The Labute approximate surface area is 186 Å². The van der Waals surface area contributed by atoms with Crippen molar-refractivity contribution >= 4 is 23.7 Å². The van der Waals surface area contributed by atoms with E-state index in [4.69, 9.17) is 10.8 Å². The van der Waals surface area contributed by atoms with Crippen molar-refractivity contribution in [2.24, 2.45) is 11.7 Å². The minimum atomic E-state index is -1.40. The first kappa shape index (κ1) is 27.0. The molecule has 5 atom stereocenters. The zero-order valence-electron chi connectivity index (χ0n) is 18.2. The molecule has 0 aromatic heterocycles. The van der Waals surface area contributed by atoms with Gasteiger partial charge in [0.15, 0.2) is 0 Å². The van der Waals surface area contributed by atoms with E-state index < -0.39 is 61.1 Å². The summed E-state index contributed by atoms with van der Waals surface area (Å²) in [5.41, 5.74) is 6.11. The Kier molecular flexibility index (Phi) is 11.3. The second kappa shape index (κ2) is 13.4. The van der Waals surface area contributed by atoms with Gasteiger partial charge in [-0.2, -0.15) is 0 Å². The zero-order valence-corrected chi connectivity index (χ0v) is 18.2. The van der Waals surface area contributed by atoms with Crippen LogP contribution in [0.15, 0.2) is 30.3 Å². The summed E-state index contributed by atoms with van der Waals surface area (Å²) in [5.74, 6) is -4.00. The van der Waals surface area contributed by atoms with Gasteiger partial charge in [0.25, 0.3) is 0 Å². The quantitative estimate of drug-likeness (QED) is 0.181. The van der Waals surface area contributed by atoms with Gasteiger partial charge in [-0.3, -0.25) is 14.4 Å². The summed E-state index contributed by atoms with van der Waals surface area (Å²) in [6, 6.07) is 3.76. The van der Waals surface area contributed by atoms with E-state index in [0.29, 0.717) is 12.0 Å². The molecular formula is C21H32N4O7. The van der Waals surface area contributed by atoms with Crippen LogP contribution in [0.5, 0.6) is 0 Å². The van der Waals surface area contributed by atoms with Gasteiger partial charge in [0.05, 0.1) is 13.2 Å². The number of amides is 3. The summed E-state index contributed by atoms with van der Waals surface area (Å²) in [5, 5.41) is 35.1. The molecule has 3 amide bonds. The lowest BCUT2D eigenvalue weighted by Crippen LogP contribution is -2.59. The lowest BCUT2D eigenvalue weighted by molar-refractivity contribution is -0.142. The molecule has 0 bridgehead atoms. The van der Waals surface area contributed by atoms with Crippen LogP contribution in [-0.4, -0.2) is 76.4 Å². The number of carbonyl (C=O) groups is 4. The number of nitrogens with one attached hydrogen (secondary N) is 3. The fourth-order valence-electron chi connectivity index (χ4n) is 2.82. The summed E-state index contributed by atoms with van der Waals surface area (Å²) in [4.78, 5) is 49.0. The molecule has 0 saturated carbocycles. The lowest BCUT2D eigenvalue weighted by atomic mass is 9.97. The van der Waals surface area contributed by atoms with E-state index in [1.165, 1.54) is 0 Å². The molecule has 0 saturated heterocycles. The molecule has 0 aliphatic carbocycles. The Morgan fingerprint density at radius 1 is 0.906 bits per heavy atom. The van der Waals surface area contributed by atoms with E-state index in [2.05, 4.69) is 16.0 Å². The van der Waals surface area contributed by atoms with Crippen molar-refractivity contribution in [3.8, 4) is 0 Å². The number of aliphatic hydroxyl groups is 2. The monoisotopic (exact) mass is 452 g/mol. The highest BCUT2D eigenvalue weighted by Crippen LogP contribution is 2.10. The highest BCUT2D eigenvalue weighted by Gasteiger charge is 2.32. The Morgan fingerprint density at radius 2 is 1.50 bits per heavy atom. The minimum Gasteiger partial charge on any atom is -0.480 e. The normalized spacial score (nSPS) is 15.5. The van der Waals surface area contributed by atoms with E-state index in [0.717, 1.165) is 0 Å². The predicted octanol–water partition coefficient (Wildman–Crippen LogP) is -1.87. The maximum atomic E-state index is 12.9. The van der Waals surface area contributed by atoms with Gasteiger partial charge in [-0.25, -0.2) is 4.79 Å². The fourth-order valence-corrected chi connectivity index (χ4v) is 2.82. The van der Waals surface area contributed by atoms with E-state index >= 15 is 0 Å². The lowest BCUT2D eigenvalue weighted by Gasteiger charge is -2.27. The molecule has 178 valence electrons. The molecule has 11 nitrogen and oxygen atoms in total. The van der Waals surface area contributed by atoms with Gasteiger partial charge in [-0.05, 0) is 11.5 Å². The van der Waals surface area contributed by atoms with Gasteiger partial charge in [-0.15, -0.1) is 0 Å². The Hall–Kier alpha value is -3.02. The SMILES string of the molecule is CCC(C)C(NC(=O)C(CO)NC(=O)C(N)CO)C(=O)NC(Cc1ccccc1)C(=O)O. The Morgan fingerprint density at radius 3 is 2.00 bits per heavy atom. The maximum absolute atomic E-state index is 12.9. The van der Waals surface area contributed by atoms with Gasteiger partial charge in [0, 0.05) is 6.42 Å². The number of carbonyl (C=O) groups excluding carboxylic acids is 3. The molecule has 0 radical (unpaired) electrons. The number of rotatable bonds is 13. The molecule has 0 fully saturated rings. The predicted molar refractivity (Wildman–Crippen MR) is 115 cm³/mol. The molecule has 5 unspecified atom stereocenters. The molecule has 0 aliphatic rings. The summed E-state index contributed by atoms with van der Waals surface area (Å²) in [6.45, 7) is 2.07. The third-order valence-corrected chi connectivity index (χ3v) is 5.04. The molecule has 1 aromatic carbocycles. The average molecular weight is 453 g/mol. The van der Waals surface area contributed by atoms with Crippen molar-refractivity contribution in [3.63, 3.8) is 0 Å². The van der Waals surface area contributed by atoms with Crippen molar-refractivity contribution < 1.29 is 34.5 Å². The van der Waals surface area contributed by atoms with Crippen LogP contribution in [0.2, 0.25) is 0 Å². The van der Waals surface area contributed by atoms with E-state index in [1.54, 1.807) is 44.2 Å². The van der Waals surface area contributed by atoms with Crippen LogP contribution in [0.3, 0.4) is 0 Å². The largest absolute Gasteiger partial charge is 0.480 e. The average Bonchev–Trinajstić information content (AvgIpc) is 2.79. The van der Waals surface area contributed by atoms with Crippen LogP contribution in [0.4, 0.5) is 0 Å². The number of carboxylic acid groups (broad SMARTS) is 1. The summed E-state index contributed by atoms with van der Waals surface area (Å²) in [6.07, 6.45) is 0.539. The van der Waals surface area contributed by atoms with Gasteiger partial charge in [0.2, 0.25) is 17.7 Å². The molecule has 1 aromatic rings. The van der Waals surface area contributed by atoms with Crippen LogP contribution in [-0.2, 0) is 25.6 Å². The molecular weight excluding hydrogens is 420 g/mol.